The maximum absolute atomic E-state index is 13.0. The predicted octanol–water partition coefficient (Wildman–Crippen LogP) is 4.78. The molecule has 4 aromatic rings. The fourth-order valence-corrected chi connectivity index (χ4v) is 2.98. The average Bonchev–Trinajstić information content (AvgIpc) is 3.33. The SMILES string of the molecule is C[C@H](Sc1nnc(-c2ccc(F)cc2)o1)c1nnc(-c2ccccc2)o1. The van der Waals surface area contributed by atoms with Gasteiger partial charge in [0.05, 0.1) is 5.25 Å². The highest BCUT2D eigenvalue weighted by Gasteiger charge is 2.19. The molecule has 26 heavy (non-hydrogen) atoms. The molecule has 0 saturated carbocycles. The van der Waals surface area contributed by atoms with Gasteiger partial charge in [-0.15, -0.1) is 20.4 Å². The van der Waals surface area contributed by atoms with Gasteiger partial charge in [-0.1, -0.05) is 30.0 Å². The van der Waals surface area contributed by atoms with Crippen LogP contribution in [0.15, 0.2) is 68.7 Å². The van der Waals surface area contributed by atoms with E-state index in [1.165, 1.54) is 23.9 Å². The lowest BCUT2D eigenvalue weighted by Gasteiger charge is -2.01. The Bertz CT molecular complexity index is 1000. The molecule has 0 aliphatic heterocycles. The summed E-state index contributed by atoms with van der Waals surface area (Å²) in [6.07, 6.45) is 0. The molecule has 0 aliphatic carbocycles. The van der Waals surface area contributed by atoms with E-state index in [2.05, 4.69) is 20.4 Å². The van der Waals surface area contributed by atoms with Crippen molar-refractivity contribution in [2.45, 2.75) is 17.4 Å². The molecule has 0 spiro atoms. The van der Waals surface area contributed by atoms with Crippen LogP contribution >= 0.6 is 11.8 Å². The molecule has 0 radical (unpaired) electrons. The van der Waals surface area contributed by atoms with Gasteiger partial charge in [-0.05, 0) is 43.3 Å². The summed E-state index contributed by atoms with van der Waals surface area (Å²) < 4.78 is 24.4. The number of rotatable bonds is 5. The second-order valence-electron chi connectivity index (χ2n) is 5.45. The summed E-state index contributed by atoms with van der Waals surface area (Å²) in [6, 6.07) is 15.4. The topological polar surface area (TPSA) is 77.8 Å². The van der Waals surface area contributed by atoms with Crippen molar-refractivity contribution in [1.29, 1.82) is 0 Å². The zero-order valence-corrected chi connectivity index (χ0v) is 14.5. The third-order valence-corrected chi connectivity index (χ3v) is 4.51. The third kappa shape index (κ3) is 3.50. The summed E-state index contributed by atoms with van der Waals surface area (Å²) >= 11 is 1.31. The smallest absolute Gasteiger partial charge is 0.277 e. The van der Waals surface area contributed by atoms with Crippen LogP contribution in [0.25, 0.3) is 22.9 Å². The van der Waals surface area contributed by atoms with E-state index in [1.807, 2.05) is 37.3 Å². The fraction of sp³-hybridized carbons (Fsp3) is 0.111. The molecule has 130 valence electrons. The van der Waals surface area contributed by atoms with Crippen molar-refractivity contribution in [3.8, 4) is 22.9 Å². The van der Waals surface area contributed by atoms with Crippen molar-refractivity contribution >= 4 is 11.8 Å². The van der Waals surface area contributed by atoms with Crippen LogP contribution in [-0.2, 0) is 0 Å². The molecule has 4 rings (SSSR count). The van der Waals surface area contributed by atoms with Crippen molar-refractivity contribution in [1.82, 2.24) is 20.4 Å². The minimum Gasteiger partial charge on any atom is -0.419 e. The lowest BCUT2D eigenvalue weighted by Crippen LogP contribution is -1.88. The van der Waals surface area contributed by atoms with E-state index < -0.39 is 0 Å². The van der Waals surface area contributed by atoms with Gasteiger partial charge < -0.3 is 8.83 Å². The highest BCUT2D eigenvalue weighted by Crippen LogP contribution is 2.35. The maximum atomic E-state index is 13.0. The van der Waals surface area contributed by atoms with E-state index in [9.17, 15) is 4.39 Å². The maximum Gasteiger partial charge on any atom is 0.277 e. The number of halogens is 1. The number of aromatic nitrogens is 4. The molecule has 0 aliphatic rings. The molecule has 6 nitrogen and oxygen atoms in total. The van der Waals surface area contributed by atoms with Gasteiger partial charge in [0, 0.05) is 11.1 Å². The van der Waals surface area contributed by atoms with Gasteiger partial charge in [-0.3, -0.25) is 0 Å². The first-order valence-electron chi connectivity index (χ1n) is 7.84. The van der Waals surface area contributed by atoms with E-state index in [-0.39, 0.29) is 11.1 Å². The van der Waals surface area contributed by atoms with Crippen LogP contribution in [0.1, 0.15) is 18.1 Å². The van der Waals surface area contributed by atoms with Crippen LogP contribution in [-0.4, -0.2) is 20.4 Å². The molecule has 0 bridgehead atoms. The van der Waals surface area contributed by atoms with Crippen molar-refractivity contribution in [3.63, 3.8) is 0 Å². The van der Waals surface area contributed by atoms with Crippen LogP contribution < -0.4 is 0 Å². The van der Waals surface area contributed by atoms with Gasteiger partial charge in [0.15, 0.2) is 0 Å². The number of benzene rings is 2. The number of hydrogen-bond donors (Lipinski definition) is 0. The predicted molar refractivity (Wildman–Crippen MR) is 93.7 cm³/mol. The Morgan fingerprint density at radius 3 is 2.23 bits per heavy atom. The molecule has 0 saturated heterocycles. The summed E-state index contributed by atoms with van der Waals surface area (Å²) in [5.74, 6) is 0.943. The highest BCUT2D eigenvalue weighted by molar-refractivity contribution is 7.99. The van der Waals surface area contributed by atoms with E-state index in [4.69, 9.17) is 8.83 Å². The quantitative estimate of drug-likeness (QED) is 0.469. The summed E-state index contributed by atoms with van der Waals surface area (Å²) in [6.45, 7) is 1.91. The number of thioether (sulfide) groups is 1. The zero-order chi connectivity index (χ0) is 17.9. The van der Waals surface area contributed by atoms with E-state index in [0.29, 0.717) is 28.5 Å². The summed E-state index contributed by atoms with van der Waals surface area (Å²) in [5.41, 5.74) is 1.52. The Kier molecular flexibility index (Phi) is 4.49. The Hall–Kier alpha value is -3.00. The largest absolute Gasteiger partial charge is 0.419 e. The van der Waals surface area contributed by atoms with Gasteiger partial charge >= 0.3 is 0 Å². The third-order valence-electron chi connectivity index (χ3n) is 3.58. The monoisotopic (exact) mass is 368 g/mol. The lowest BCUT2D eigenvalue weighted by atomic mass is 10.2. The van der Waals surface area contributed by atoms with E-state index in [1.54, 1.807) is 12.1 Å². The first kappa shape index (κ1) is 16.5. The van der Waals surface area contributed by atoms with Gasteiger partial charge in [0.25, 0.3) is 5.22 Å². The van der Waals surface area contributed by atoms with Crippen LogP contribution in [0.4, 0.5) is 4.39 Å². The number of nitrogens with zero attached hydrogens (tertiary/aromatic N) is 4. The lowest BCUT2D eigenvalue weighted by molar-refractivity contribution is 0.461. The van der Waals surface area contributed by atoms with Crippen molar-refractivity contribution in [2.75, 3.05) is 0 Å². The molecule has 0 amide bonds. The molecule has 8 heteroatoms. The van der Waals surface area contributed by atoms with Crippen LogP contribution in [0.2, 0.25) is 0 Å². The normalized spacial score (nSPS) is 12.2. The molecule has 0 unspecified atom stereocenters. The Morgan fingerprint density at radius 1 is 0.808 bits per heavy atom. The molecule has 2 heterocycles. The van der Waals surface area contributed by atoms with Gasteiger partial charge in [-0.25, -0.2) is 4.39 Å². The van der Waals surface area contributed by atoms with Crippen molar-refractivity contribution in [2.24, 2.45) is 0 Å². The van der Waals surface area contributed by atoms with Gasteiger partial charge in [0.1, 0.15) is 5.82 Å². The van der Waals surface area contributed by atoms with Crippen LogP contribution in [0.3, 0.4) is 0 Å². The van der Waals surface area contributed by atoms with E-state index in [0.717, 1.165) is 5.56 Å². The first-order chi connectivity index (χ1) is 12.7. The minimum absolute atomic E-state index is 0.165. The summed E-state index contributed by atoms with van der Waals surface area (Å²) in [4.78, 5) is 0. The zero-order valence-electron chi connectivity index (χ0n) is 13.7. The number of hydrogen-bond acceptors (Lipinski definition) is 7. The second kappa shape index (κ2) is 7.09. The first-order valence-corrected chi connectivity index (χ1v) is 8.72. The average molecular weight is 368 g/mol. The summed E-state index contributed by atoms with van der Waals surface area (Å²) in [5, 5.41) is 16.4. The van der Waals surface area contributed by atoms with Gasteiger partial charge in [-0.2, -0.15) is 0 Å². The van der Waals surface area contributed by atoms with Crippen molar-refractivity contribution < 1.29 is 13.2 Å². The molecule has 2 aromatic carbocycles. The molecular weight excluding hydrogens is 355 g/mol. The molecule has 2 aromatic heterocycles. The molecule has 0 N–H and O–H groups in total. The standard InChI is InChI=1S/C18H13FN4O2S/c1-11(15-20-21-16(24-15)12-5-3-2-4-6-12)26-18-23-22-17(25-18)13-7-9-14(19)10-8-13/h2-11H,1H3/t11-/m0/s1. The van der Waals surface area contributed by atoms with E-state index >= 15 is 0 Å². The second-order valence-corrected chi connectivity index (χ2v) is 6.74. The Balaban J connectivity index is 1.48. The van der Waals surface area contributed by atoms with Crippen molar-refractivity contribution in [3.05, 3.63) is 66.3 Å². The van der Waals surface area contributed by atoms with Crippen LogP contribution in [0, 0.1) is 5.82 Å². The Labute approximate surface area is 152 Å². The Morgan fingerprint density at radius 2 is 1.46 bits per heavy atom. The minimum atomic E-state index is -0.317. The van der Waals surface area contributed by atoms with Crippen LogP contribution in [0.5, 0.6) is 0 Å². The fourth-order valence-electron chi connectivity index (χ4n) is 2.26. The summed E-state index contributed by atoms with van der Waals surface area (Å²) in [7, 11) is 0. The van der Waals surface area contributed by atoms with Gasteiger partial charge in [0.2, 0.25) is 17.7 Å². The molecule has 0 fully saturated rings. The molecular formula is C18H13FN4O2S. The highest BCUT2D eigenvalue weighted by atomic mass is 32.2. The molecule has 1 atom stereocenters.